The quantitative estimate of drug-likeness (QED) is 0.846. The van der Waals surface area contributed by atoms with E-state index in [1.807, 2.05) is 12.1 Å². The minimum Gasteiger partial charge on any atom is -0.307 e. The lowest BCUT2D eigenvalue weighted by molar-refractivity contribution is 0.182. The molecule has 1 atom stereocenters. The minimum absolute atomic E-state index is 0.372. The van der Waals surface area contributed by atoms with E-state index in [-0.39, 0.29) is 0 Å². The maximum absolute atomic E-state index is 6.15. The monoisotopic (exact) mass is 326 g/mol. The first-order chi connectivity index (χ1) is 10.2. The van der Waals surface area contributed by atoms with Crippen LogP contribution in [0.15, 0.2) is 18.2 Å². The van der Waals surface area contributed by atoms with Gasteiger partial charge in [0.2, 0.25) is 0 Å². The molecule has 2 nitrogen and oxygen atoms in total. The maximum Gasteiger partial charge on any atom is 0.0595 e. The van der Waals surface area contributed by atoms with Crippen LogP contribution in [0.2, 0.25) is 10.0 Å². The van der Waals surface area contributed by atoms with Crippen molar-refractivity contribution in [3.63, 3.8) is 0 Å². The number of rotatable bonds is 5. The van der Waals surface area contributed by atoms with Crippen molar-refractivity contribution in [2.45, 2.75) is 57.2 Å². The molecule has 2 fully saturated rings. The third-order valence-corrected chi connectivity index (χ3v) is 5.52. The third-order valence-electron chi connectivity index (χ3n) is 4.78. The highest BCUT2D eigenvalue weighted by atomic mass is 35.5. The second-order valence-corrected chi connectivity index (χ2v) is 7.16. The second-order valence-electron chi connectivity index (χ2n) is 6.34. The zero-order valence-electron chi connectivity index (χ0n) is 12.6. The molecular weight excluding hydrogens is 303 g/mol. The first-order valence-corrected chi connectivity index (χ1v) is 8.88. The van der Waals surface area contributed by atoms with Crippen molar-refractivity contribution in [2.24, 2.45) is 0 Å². The standard InChI is InChI=1S/C17H24Cl2N2/c1-2-17(12-3-6-15(18)16(19)11-12)20-13-7-9-21(10-8-13)14-4-5-14/h3,6,11,13-14,17,20H,2,4-5,7-10H2,1H3. The van der Waals surface area contributed by atoms with Crippen LogP contribution in [0.1, 0.15) is 50.6 Å². The summed E-state index contributed by atoms with van der Waals surface area (Å²) >= 11 is 12.2. The lowest BCUT2D eigenvalue weighted by Crippen LogP contribution is -2.44. The summed E-state index contributed by atoms with van der Waals surface area (Å²) < 4.78 is 0. The van der Waals surface area contributed by atoms with Gasteiger partial charge in [-0.05, 0) is 62.9 Å². The molecule has 1 unspecified atom stereocenters. The molecule has 1 saturated carbocycles. The number of nitrogens with one attached hydrogen (secondary N) is 1. The predicted molar refractivity (Wildman–Crippen MR) is 90.2 cm³/mol. The van der Waals surface area contributed by atoms with Crippen LogP contribution in [0.3, 0.4) is 0 Å². The SMILES string of the molecule is CCC(NC1CCN(C2CC2)CC1)c1ccc(Cl)c(Cl)c1. The van der Waals surface area contributed by atoms with Crippen LogP contribution in [0, 0.1) is 0 Å². The zero-order valence-corrected chi connectivity index (χ0v) is 14.1. The molecule has 1 N–H and O–H groups in total. The van der Waals surface area contributed by atoms with Gasteiger partial charge in [0.1, 0.15) is 0 Å². The van der Waals surface area contributed by atoms with Gasteiger partial charge in [-0.15, -0.1) is 0 Å². The lowest BCUT2D eigenvalue weighted by atomic mass is 9.99. The molecule has 116 valence electrons. The Labute approximate surface area is 137 Å². The summed E-state index contributed by atoms with van der Waals surface area (Å²) in [6.45, 7) is 4.72. The van der Waals surface area contributed by atoms with Gasteiger partial charge in [0, 0.05) is 18.1 Å². The highest BCUT2D eigenvalue weighted by molar-refractivity contribution is 6.42. The van der Waals surface area contributed by atoms with Crippen molar-refractivity contribution in [1.29, 1.82) is 0 Å². The Bertz CT molecular complexity index is 480. The molecule has 1 heterocycles. The molecule has 1 aliphatic carbocycles. The highest BCUT2D eigenvalue weighted by Gasteiger charge is 2.32. The van der Waals surface area contributed by atoms with Gasteiger partial charge in [0.25, 0.3) is 0 Å². The van der Waals surface area contributed by atoms with Gasteiger partial charge in [0.15, 0.2) is 0 Å². The average molecular weight is 327 g/mol. The fourth-order valence-electron chi connectivity index (χ4n) is 3.33. The molecule has 0 spiro atoms. The Balaban J connectivity index is 1.57. The maximum atomic E-state index is 6.15. The minimum atomic E-state index is 0.372. The van der Waals surface area contributed by atoms with E-state index in [1.54, 1.807) is 0 Å². The highest BCUT2D eigenvalue weighted by Crippen LogP contribution is 2.31. The van der Waals surface area contributed by atoms with Crippen molar-refractivity contribution in [3.05, 3.63) is 33.8 Å². The molecule has 1 saturated heterocycles. The van der Waals surface area contributed by atoms with Crippen molar-refractivity contribution in [2.75, 3.05) is 13.1 Å². The number of hydrogen-bond acceptors (Lipinski definition) is 2. The van der Waals surface area contributed by atoms with Crippen LogP contribution in [0.25, 0.3) is 0 Å². The Kier molecular flexibility index (Phi) is 5.11. The van der Waals surface area contributed by atoms with E-state index < -0.39 is 0 Å². The van der Waals surface area contributed by atoms with Gasteiger partial charge in [-0.25, -0.2) is 0 Å². The molecule has 1 aromatic rings. The van der Waals surface area contributed by atoms with E-state index in [4.69, 9.17) is 23.2 Å². The first-order valence-electron chi connectivity index (χ1n) is 8.12. The summed E-state index contributed by atoms with van der Waals surface area (Å²) in [6, 6.07) is 7.90. The molecule has 0 amide bonds. The Morgan fingerprint density at radius 3 is 2.43 bits per heavy atom. The Hall–Kier alpha value is -0.280. The Morgan fingerprint density at radius 2 is 1.86 bits per heavy atom. The summed E-state index contributed by atoms with van der Waals surface area (Å²) in [5.41, 5.74) is 1.25. The van der Waals surface area contributed by atoms with Crippen LogP contribution in [0.4, 0.5) is 0 Å². The summed E-state index contributed by atoms with van der Waals surface area (Å²) in [6.07, 6.45) is 6.42. The van der Waals surface area contributed by atoms with E-state index in [2.05, 4.69) is 23.2 Å². The molecular formula is C17H24Cl2N2. The topological polar surface area (TPSA) is 15.3 Å². The average Bonchev–Trinajstić information content (AvgIpc) is 3.33. The fourth-order valence-corrected chi connectivity index (χ4v) is 3.64. The smallest absolute Gasteiger partial charge is 0.0595 e. The van der Waals surface area contributed by atoms with Crippen LogP contribution < -0.4 is 5.32 Å². The molecule has 0 bridgehead atoms. The molecule has 21 heavy (non-hydrogen) atoms. The third kappa shape index (κ3) is 3.92. The molecule has 1 aliphatic heterocycles. The predicted octanol–water partition coefficient (Wildman–Crippen LogP) is 4.66. The van der Waals surface area contributed by atoms with Crippen LogP contribution in [-0.2, 0) is 0 Å². The van der Waals surface area contributed by atoms with Crippen molar-refractivity contribution >= 4 is 23.2 Å². The summed E-state index contributed by atoms with van der Waals surface area (Å²) in [7, 11) is 0. The number of halogens is 2. The number of hydrogen-bond donors (Lipinski definition) is 1. The normalized spacial score (nSPS) is 22.4. The van der Waals surface area contributed by atoms with Crippen molar-refractivity contribution < 1.29 is 0 Å². The number of benzene rings is 1. The van der Waals surface area contributed by atoms with Crippen molar-refractivity contribution in [1.82, 2.24) is 10.2 Å². The zero-order chi connectivity index (χ0) is 14.8. The molecule has 4 heteroatoms. The fraction of sp³-hybridized carbons (Fsp3) is 0.647. The van der Waals surface area contributed by atoms with E-state index in [0.717, 1.165) is 12.5 Å². The van der Waals surface area contributed by atoms with Gasteiger partial charge < -0.3 is 10.2 Å². The lowest BCUT2D eigenvalue weighted by Gasteiger charge is -2.34. The first kappa shape index (κ1) is 15.6. The number of likely N-dealkylation sites (tertiary alicyclic amines) is 1. The van der Waals surface area contributed by atoms with Crippen LogP contribution in [0.5, 0.6) is 0 Å². The molecule has 0 radical (unpaired) electrons. The van der Waals surface area contributed by atoms with Crippen molar-refractivity contribution in [3.8, 4) is 0 Å². The molecule has 2 aliphatic rings. The van der Waals surface area contributed by atoms with Crippen LogP contribution in [-0.4, -0.2) is 30.1 Å². The second kappa shape index (κ2) is 6.87. The van der Waals surface area contributed by atoms with E-state index in [1.165, 1.54) is 44.3 Å². The van der Waals surface area contributed by atoms with E-state index in [0.29, 0.717) is 22.1 Å². The Morgan fingerprint density at radius 1 is 1.14 bits per heavy atom. The van der Waals surface area contributed by atoms with Gasteiger partial charge >= 0.3 is 0 Å². The molecule has 0 aromatic heterocycles. The van der Waals surface area contributed by atoms with Crippen LogP contribution >= 0.6 is 23.2 Å². The molecule has 3 rings (SSSR count). The summed E-state index contributed by atoms with van der Waals surface area (Å²) in [5, 5.41) is 5.10. The summed E-state index contributed by atoms with van der Waals surface area (Å²) in [4.78, 5) is 2.66. The number of piperidine rings is 1. The van der Waals surface area contributed by atoms with Gasteiger partial charge in [-0.3, -0.25) is 0 Å². The van der Waals surface area contributed by atoms with Gasteiger partial charge in [0.05, 0.1) is 10.0 Å². The molecule has 1 aromatic carbocycles. The number of nitrogens with zero attached hydrogens (tertiary/aromatic N) is 1. The summed E-state index contributed by atoms with van der Waals surface area (Å²) in [5.74, 6) is 0. The van der Waals surface area contributed by atoms with Gasteiger partial charge in [-0.1, -0.05) is 36.2 Å². The van der Waals surface area contributed by atoms with Gasteiger partial charge in [-0.2, -0.15) is 0 Å². The van der Waals surface area contributed by atoms with E-state index in [9.17, 15) is 0 Å². The largest absolute Gasteiger partial charge is 0.307 e. The van der Waals surface area contributed by atoms with E-state index >= 15 is 0 Å².